The van der Waals surface area contributed by atoms with Crippen LogP contribution in [0.25, 0.3) is 0 Å². The first-order chi connectivity index (χ1) is 4.74. The lowest BCUT2D eigenvalue weighted by molar-refractivity contribution is 0.534. The van der Waals surface area contributed by atoms with Crippen LogP contribution in [0.2, 0.25) is 0 Å². The lowest BCUT2D eigenvalue weighted by atomic mass is 10.1. The Labute approximate surface area is 60.0 Å². The molecular weight excluding hydrogens is 128 g/mol. The minimum absolute atomic E-state index is 0.192. The Kier molecular flexibility index (Phi) is 2.01. The van der Waals surface area contributed by atoms with Crippen molar-refractivity contribution in [2.24, 2.45) is 27.4 Å². The van der Waals surface area contributed by atoms with Crippen molar-refractivity contribution in [3.63, 3.8) is 0 Å². The third-order valence-electron chi connectivity index (χ3n) is 1.59. The highest BCUT2D eigenvalue weighted by atomic mass is 15.1. The quantitative estimate of drug-likeness (QED) is 0.524. The van der Waals surface area contributed by atoms with E-state index in [2.05, 4.69) is 9.98 Å². The lowest BCUT2D eigenvalue weighted by Gasteiger charge is -2.17. The van der Waals surface area contributed by atoms with Crippen LogP contribution in [0.3, 0.4) is 0 Å². The molecule has 10 heavy (non-hydrogen) atoms. The van der Waals surface area contributed by atoms with Gasteiger partial charge in [-0.1, -0.05) is 6.92 Å². The Morgan fingerprint density at radius 1 is 1.70 bits per heavy atom. The molecule has 4 nitrogen and oxygen atoms in total. The van der Waals surface area contributed by atoms with E-state index in [0.717, 1.165) is 6.42 Å². The standard InChI is InChI=1S/C6H12N4/c1-2-4-3-9-6(8)10-5(4)7/h3-5H,2,7H2,1H3,(H2,8,10). The summed E-state index contributed by atoms with van der Waals surface area (Å²) in [4.78, 5) is 7.76. The Hall–Kier alpha value is -0.900. The molecule has 0 radical (unpaired) electrons. The van der Waals surface area contributed by atoms with Crippen molar-refractivity contribution in [1.29, 1.82) is 0 Å². The molecule has 4 heteroatoms. The lowest BCUT2D eigenvalue weighted by Crippen LogP contribution is -2.34. The fourth-order valence-corrected chi connectivity index (χ4v) is 0.889. The highest BCUT2D eigenvalue weighted by molar-refractivity contribution is 5.89. The van der Waals surface area contributed by atoms with Crippen LogP contribution in [0, 0.1) is 5.92 Å². The molecule has 0 saturated carbocycles. The van der Waals surface area contributed by atoms with E-state index in [1.165, 1.54) is 0 Å². The summed E-state index contributed by atoms with van der Waals surface area (Å²) in [6.07, 6.45) is 2.54. The third kappa shape index (κ3) is 1.33. The van der Waals surface area contributed by atoms with Gasteiger partial charge < -0.3 is 11.5 Å². The fraction of sp³-hybridized carbons (Fsp3) is 0.667. The average Bonchev–Trinajstić information content (AvgIpc) is 1.88. The molecule has 1 aliphatic heterocycles. The maximum atomic E-state index is 5.62. The number of nitrogens with two attached hydrogens (primary N) is 2. The SMILES string of the molecule is CCC1C=NC(N)=NC1N. The van der Waals surface area contributed by atoms with E-state index in [1.54, 1.807) is 6.21 Å². The van der Waals surface area contributed by atoms with Crippen LogP contribution in [0.15, 0.2) is 9.98 Å². The van der Waals surface area contributed by atoms with E-state index in [9.17, 15) is 0 Å². The number of hydrogen-bond acceptors (Lipinski definition) is 4. The first-order valence-electron chi connectivity index (χ1n) is 3.37. The Bertz CT molecular complexity index is 173. The molecule has 1 heterocycles. The van der Waals surface area contributed by atoms with Crippen LogP contribution >= 0.6 is 0 Å². The Morgan fingerprint density at radius 2 is 2.40 bits per heavy atom. The van der Waals surface area contributed by atoms with Gasteiger partial charge in [0.1, 0.15) is 6.17 Å². The van der Waals surface area contributed by atoms with Gasteiger partial charge in [-0.3, -0.25) is 0 Å². The number of rotatable bonds is 1. The zero-order valence-corrected chi connectivity index (χ0v) is 5.99. The van der Waals surface area contributed by atoms with E-state index < -0.39 is 0 Å². The molecule has 0 bridgehead atoms. The molecule has 0 aromatic rings. The molecular formula is C6H12N4. The van der Waals surface area contributed by atoms with E-state index in [1.807, 2.05) is 6.92 Å². The molecule has 0 fully saturated rings. The second-order valence-electron chi connectivity index (χ2n) is 2.33. The van der Waals surface area contributed by atoms with Gasteiger partial charge in [-0.05, 0) is 6.42 Å². The van der Waals surface area contributed by atoms with Crippen molar-refractivity contribution in [1.82, 2.24) is 0 Å². The summed E-state index contributed by atoms with van der Waals surface area (Å²) >= 11 is 0. The Morgan fingerprint density at radius 3 is 2.90 bits per heavy atom. The minimum Gasteiger partial charge on any atom is -0.368 e. The highest BCUT2D eigenvalue weighted by Crippen LogP contribution is 2.08. The number of guanidine groups is 1. The van der Waals surface area contributed by atoms with Crippen molar-refractivity contribution >= 4 is 12.2 Å². The van der Waals surface area contributed by atoms with Crippen LogP contribution < -0.4 is 11.5 Å². The van der Waals surface area contributed by atoms with Gasteiger partial charge in [0.05, 0.1) is 0 Å². The second-order valence-corrected chi connectivity index (χ2v) is 2.33. The summed E-state index contributed by atoms with van der Waals surface area (Å²) in [5, 5.41) is 0. The van der Waals surface area contributed by atoms with E-state index in [0.29, 0.717) is 0 Å². The Balaban J connectivity index is 2.64. The molecule has 1 aliphatic rings. The molecule has 2 unspecified atom stereocenters. The fourth-order valence-electron chi connectivity index (χ4n) is 0.889. The number of nitrogens with zero attached hydrogens (tertiary/aromatic N) is 2. The molecule has 4 N–H and O–H groups in total. The molecule has 0 aromatic heterocycles. The first kappa shape index (κ1) is 7.21. The summed E-state index contributed by atoms with van der Waals surface area (Å²) in [5.41, 5.74) is 10.9. The van der Waals surface area contributed by atoms with Crippen LogP contribution in [0.1, 0.15) is 13.3 Å². The van der Waals surface area contributed by atoms with Gasteiger partial charge in [-0.2, -0.15) is 0 Å². The van der Waals surface area contributed by atoms with Gasteiger partial charge in [-0.15, -0.1) is 0 Å². The summed E-state index contributed by atoms with van der Waals surface area (Å²) in [5.74, 6) is 0.546. The van der Waals surface area contributed by atoms with Crippen molar-refractivity contribution < 1.29 is 0 Å². The van der Waals surface area contributed by atoms with Crippen molar-refractivity contribution in [3.8, 4) is 0 Å². The van der Waals surface area contributed by atoms with Crippen molar-refractivity contribution in [2.45, 2.75) is 19.5 Å². The first-order valence-corrected chi connectivity index (χ1v) is 3.37. The number of aliphatic imine (C=N–C) groups is 2. The monoisotopic (exact) mass is 140 g/mol. The van der Waals surface area contributed by atoms with Gasteiger partial charge >= 0.3 is 0 Å². The largest absolute Gasteiger partial charge is 0.368 e. The zero-order valence-electron chi connectivity index (χ0n) is 5.99. The van der Waals surface area contributed by atoms with Gasteiger partial charge in [-0.25, -0.2) is 9.98 Å². The molecule has 0 saturated heterocycles. The maximum Gasteiger partial charge on any atom is 0.216 e. The molecule has 2 atom stereocenters. The summed E-state index contributed by atoms with van der Waals surface area (Å²) in [6.45, 7) is 2.05. The number of hydrogen-bond donors (Lipinski definition) is 2. The zero-order chi connectivity index (χ0) is 7.56. The molecule has 0 aliphatic carbocycles. The highest BCUT2D eigenvalue weighted by Gasteiger charge is 2.15. The van der Waals surface area contributed by atoms with Crippen LogP contribution in [0.5, 0.6) is 0 Å². The predicted octanol–water partition coefficient (Wildman–Crippen LogP) is -0.304. The maximum absolute atomic E-state index is 5.62. The van der Waals surface area contributed by atoms with Crippen LogP contribution in [0.4, 0.5) is 0 Å². The van der Waals surface area contributed by atoms with Gasteiger partial charge in [0.25, 0.3) is 0 Å². The van der Waals surface area contributed by atoms with Crippen molar-refractivity contribution in [2.75, 3.05) is 0 Å². The average molecular weight is 140 g/mol. The van der Waals surface area contributed by atoms with E-state index in [-0.39, 0.29) is 18.0 Å². The van der Waals surface area contributed by atoms with Crippen LogP contribution in [-0.4, -0.2) is 18.3 Å². The van der Waals surface area contributed by atoms with Crippen LogP contribution in [-0.2, 0) is 0 Å². The summed E-state index contributed by atoms with van der Waals surface area (Å²) < 4.78 is 0. The predicted molar refractivity (Wildman–Crippen MR) is 41.9 cm³/mol. The topological polar surface area (TPSA) is 76.8 Å². The van der Waals surface area contributed by atoms with Gasteiger partial charge in [0, 0.05) is 12.1 Å². The smallest absolute Gasteiger partial charge is 0.216 e. The summed E-state index contributed by atoms with van der Waals surface area (Å²) in [7, 11) is 0. The minimum atomic E-state index is -0.192. The normalized spacial score (nSPS) is 32.0. The molecule has 1 rings (SSSR count). The molecule has 0 amide bonds. The molecule has 0 aromatic carbocycles. The van der Waals surface area contributed by atoms with Gasteiger partial charge in [0.15, 0.2) is 0 Å². The molecule has 0 spiro atoms. The third-order valence-corrected chi connectivity index (χ3v) is 1.59. The molecule has 56 valence electrons. The van der Waals surface area contributed by atoms with Crippen molar-refractivity contribution in [3.05, 3.63) is 0 Å². The van der Waals surface area contributed by atoms with E-state index >= 15 is 0 Å². The van der Waals surface area contributed by atoms with Gasteiger partial charge in [0.2, 0.25) is 5.96 Å². The summed E-state index contributed by atoms with van der Waals surface area (Å²) in [6, 6.07) is 0. The second kappa shape index (κ2) is 2.79. The van der Waals surface area contributed by atoms with E-state index in [4.69, 9.17) is 11.5 Å².